The molecule has 0 spiro atoms. The van der Waals surface area contributed by atoms with Crippen LogP contribution in [0.25, 0.3) is 16.7 Å². The number of anilines is 1. The number of benzene rings is 1. The molecule has 3 aromatic rings. The van der Waals surface area contributed by atoms with Crippen LogP contribution in [0, 0.1) is 41.7 Å². The molecule has 4 heterocycles. The number of rotatable bonds is 2. The van der Waals surface area contributed by atoms with Crippen molar-refractivity contribution in [1.82, 2.24) is 19.6 Å². The van der Waals surface area contributed by atoms with E-state index in [1.54, 1.807) is 23.7 Å². The van der Waals surface area contributed by atoms with Crippen LogP contribution < -0.4 is 4.90 Å². The average Bonchev–Trinajstić information content (AvgIpc) is 3.55. The van der Waals surface area contributed by atoms with Crippen LogP contribution in [0.1, 0.15) is 31.5 Å². The van der Waals surface area contributed by atoms with Crippen molar-refractivity contribution in [3.05, 3.63) is 41.4 Å². The molecule has 2 atom stereocenters. The lowest BCUT2D eigenvalue weighted by Gasteiger charge is -2.41. The van der Waals surface area contributed by atoms with E-state index < -0.39 is 23.5 Å². The Morgan fingerprint density at radius 3 is 2.76 bits per heavy atom. The van der Waals surface area contributed by atoms with E-state index in [1.807, 2.05) is 4.90 Å². The van der Waals surface area contributed by atoms with Crippen molar-refractivity contribution in [1.29, 1.82) is 0 Å². The molecule has 6 nitrogen and oxygen atoms in total. The molecule has 2 unspecified atom stereocenters. The fourth-order valence-electron chi connectivity index (χ4n) is 4.95. The first-order chi connectivity index (χ1) is 16.4. The molecule has 1 aliphatic carbocycles. The molecule has 2 fully saturated rings. The fourth-order valence-corrected chi connectivity index (χ4v) is 4.95. The van der Waals surface area contributed by atoms with E-state index in [1.165, 1.54) is 6.07 Å². The van der Waals surface area contributed by atoms with Gasteiger partial charge in [0, 0.05) is 30.5 Å². The van der Waals surface area contributed by atoms with Crippen LogP contribution >= 0.6 is 0 Å². The largest absolute Gasteiger partial charge is 0.347 e. The molecule has 0 amide bonds. The Bertz CT molecular complexity index is 1440. The van der Waals surface area contributed by atoms with E-state index in [4.69, 9.17) is 0 Å². The Morgan fingerprint density at radius 1 is 1.18 bits per heavy atom. The summed E-state index contributed by atoms with van der Waals surface area (Å²) < 4.78 is 57.8. The quantitative estimate of drug-likeness (QED) is 0.412. The maximum absolute atomic E-state index is 15.2. The summed E-state index contributed by atoms with van der Waals surface area (Å²) in [6.07, 6.45) is 3.19. The highest BCUT2D eigenvalue weighted by atomic mass is 19.3. The van der Waals surface area contributed by atoms with E-state index in [9.17, 15) is 13.2 Å². The van der Waals surface area contributed by atoms with E-state index in [0.29, 0.717) is 36.3 Å². The summed E-state index contributed by atoms with van der Waals surface area (Å²) >= 11 is 0. The highest BCUT2D eigenvalue weighted by molar-refractivity contribution is 5.94. The number of aliphatic imine (C=N–C) groups is 1. The molecule has 6 rings (SSSR count). The number of hydrogen-bond acceptors (Lipinski definition) is 5. The van der Waals surface area contributed by atoms with Crippen molar-refractivity contribution in [2.24, 2.45) is 16.3 Å². The third-order valence-electron chi connectivity index (χ3n) is 7.02. The maximum Gasteiger partial charge on any atom is 0.257 e. The molecule has 1 saturated carbocycles. The molecule has 0 bridgehead atoms. The van der Waals surface area contributed by atoms with Gasteiger partial charge in [-0.05, 0) is 44.7 Å². The zero-order valence-corrected chi connectivity index (χ0v) is 18.3. The number of fused-ring (bicyclic) bond motifs is 4. The van der Waals surface area contributed by atoms with Gasteiger partial charge < -0.3 is 4.90 Å². The van der Waals surface area contributed by atoms with Crippen LogP contribution in [0.15, 0.2) is 28.9 Å². The number of alkyl halides is 2. The van der Waals surface area contributed by atoms with Gasteiger partial charge in [0.15, 0.2) is 11.6 Å². The molecule has 1 saturated heterocycles. The highest BCUT2D eigenvalue weighted by Crippen LogP contribution is 2.50. The highest BCUT2D eigenvalue weighted by Gasteiger charge is 2.50. The topological polar surface area (TPSA) is 58.7 Å². The molecule has 2 aromatic heterocycles. The summed E-state index contributed by atoms with van der Waals surface area (Å²) in [6, 6.07) is 2.25. The Kier molecular flexibility index (Phi) is 4.66. The number of nitrogens with zero attached hydrogens (tertiary/aromatic N) is 6. The predicted molar refractivity (Wildman–Crippen MR) is 119 cm³/mol. The molecule has 0 N–H and O–H groups in total. The zero-order valence-electron chi connectivity index (χ0n) is 18.3. The second kappa shape index (κ2) is 7.52. The number of aryl methyl sites for hydroxylation is 1. The zero-order chi connectivity index (χ0) is 23.6. The van der Waals surface area contributed by atoms with Gasteiger partial charge in [-0.2, -0.15) is 4.98 Å². The van der Waals surface area contributed by atoms with E-state index >= 15 is 4.39 Å². The summed E-state index contributed by atoms with van der Waals surface area (Å²) in [5.41, 5.74) is -0.111. The van der Waals surface area contributed by atoms with Crippen LogP contribution in [0.4, 0.5) is 23.4 Å². The molecule has 0 radical (unpaired) electrons. The summed E-state index contributed by atoms with van der Waals surface area (Å²) in [7, 11) is 0. The van der Waals surface area contributed by atoms with Crippen LogP contribution in [0.3, 0.4) is 0 Å². The lowest BCUT2D eigenvalue weighted by Crippen LogP contribution is -2.48. The SMILES string of the molecule is Cc1nnc2nc(N3CCCC4C(C#CC5(C(F)F)CC5)=CN=CC43)c3c(F)c(F)ccc3n12. The van der Waals surface area contributed by atoms with E-state index in [2.05, 4.69) is 32.0 Å². The first-order valence-corrected chi connectivity index (χ1v) is 11.2. The summed E-state index contributed by atoms with van der Waals surface area (Å²) in [4.78, 5) is 10.8. The van der Waals surface area contributed by atoms with Crippen molar-refractivity contribution in [2.75, 3.05) is 11.4 Å². The van der Waals surface area contributed by atoms with Crippen LogP contribution in [0.5, 0.6) is 0 Å². The molecule has 2 aliphatic heterocycles. The number of piperidine rings is 1. The Morgan fingerprint density at radius 2 is 2.00 bits per heavy atom. The number of halogens is 4. The molecule has 174 valence electrons. The third-order valence-corrected chi connectivity index (χ3v) is 7.02. The predicted octanol–water partition coefficient (Wildman–Crippen LogP) is 4.47. The van der Waals surface area contributed by atoms with E-state index in [0.717, 1.165) is 18.9 Å². The Hall–Kier alpha value is -3.48. The van der Waals surface area contributed by atoms with Gasteiger partial charge in [-0.15, -0.1) is 10.2 Å². The van der Waals surface area contributed by atoms with Gasteiger partial charge in [0.1, 0.15) is 11.6 Å². The molecular weight excluding hydrogens is 448 g/mol. The third kappa shape index (κ3) is 3.10. The van der Waals surface area contributed by atoms with Gasteiger partial charge in [-0.3, -0.25) is 9.39 Å². The summed E-state index contributed by atoms with van der Waals surface area (Å²) in [5, 5.41) is 8.18. The van der Waals surface area contributed by atoms with Gasteiger partial charge in [0.05, 0.1) is 22.4 Å². The van der Waals surface area contributed by atoms with Crippen LogP contribution in [0.2, 0.25) is 0 Å². The van der Waals surface area contributed by atoms with Gasteiger partial charge in [-0.25, -0.2) is 17.6 Å². The second-order valence-electron chi connectivity index (χ2n) is 9.10. The van der Waals surface area contributed by atoms with Crippen molar-refractivity contribution >= 4 is 28.7 Å². The normalized spacial score (nSPS) is 23.1. The monoisotopic (exact) mass is 468 g/mol. The van der Waals surface area contributed by atoms with Gasteiger partial charge in [0.25, 0.3) is 12.2 Å². The Balaban J connectivity index is 1.46. The van der Waals surface area contributed by atoms with Gasteiger partial charge >= 0.3 is 0 Å². The Labute approximate surface area is 192 Å². The molecular formula is C24H20F4N6. The van der Waals surface area contributed by atoms with Crippen molar-refractivity contribution in [3.63, 3.8) is 0 Å². The van der Waals surface area contributed by atoms with Crippen LogP contribution in [-0.2, 0) is 0 Å². The second-order valence-corrected chi connectivity index (χ2v) is 9.10. The molecule has 1 aromatic carbocycles. The molecule has 3 aliphatic rings. The van der Waals surface area contributed by atoms with Crippen molar-refractivity contribution in [3.8, 4) is 11.8 Å². The van der Waals surface area contributed by atoms with Gasteiger partial charge in [-0.1, -0.05) is 11.8 Å². The van der Waals surface area contributed by atoms with Crippen molar-refractivity contribution in [2.45, 2.75) is 45.1 Å². The fraction of sp³-hybridized carbons (Fsp3) is 0.417. The summed E-state index contributed by atoms with van der Waals surface area (Å²) in [6.45, 7) is 2.25. The minimum Gasteiger partial charge on any atom is -0.347 e. The van der Waals surface area contributed by atoms with E-state index in [-0.39, 0.29) is 28.9 Å². The van der Waals surface area contributed by atoms with Crippen LogP contribution in [-0.4, -0.2) is 44.8 Å². The summed E-state index contributed by atoms with van der Waals surface area (Å²) in [5.74, 6) is 4.74. The minimum absolute atomic E-state index is 0.0428. The lowest BCUT2D eigenvalue weighted by molar-refractivity contribution is 0.0921. The first-order valence-electron chi connectivity index (χ1n) is 11.2. The maximum atomic E-state index is 15.2. The molecule has 10 heteroatoms. The lowest BCUT2D eigenvalue weighted by atomic mass is 9.82. The first kappa shape index (κ1) is 21.1. The minimum atomic E-state index is -2.47. The average molecular weight is 468 g/mol. The smallest absolute Gasteiger partial charge is 0.257 e. The standard InChI is InChI=1S/C24H20F4N6/c1-13-31-32-23-30-21(19-17(34(13)23)5-4-16(25)20(19)26)33-10-2-3-15-14(11-29-12-18(15)33)6-7-24(8-9-24)22(27)28/h4-5,11-12,15,18,22H,2-3,8-10H2,1H3. The number of hydrogen-bond donors (Lipinski definition) is 0. The van der Waals surface area contributed by atoms with Crippen molar-refractivity contribution < 1.29 is 17.6 Å². The molecule has 34 heavy (non-hydrogen) atoms. The number of aromatic nitrogens is 4. The van der Waals surface area contributed by atoms with Gasteiger partial charge in [0.2, 0.25) is 0 Å².